The number of fused-ring (bicyclic) bond motifs is 2. The van der Waals surface area contributed by atoms with Gasteiger partial charge in [0.15, 0.2) is 17.8 Å². The molecule has 4 rings (SSSR count). The molecule has 0 aromatic heterocycles. The zero-order valence-corrected chi connectivity index (χ0v) is 21.8. The summed E-state index contributed by atoms with van der Waals surface area (Å²) in [5.74, 6) is 4.78. The van der Waals surface area contributed by atoms with Crippen molar-refractivity contribution in [2.45, 2.75) is 62.1 Å². The van der Waals surface area contributed by atoms with Crippen LogP contribution in [0.1, 0.15) is 47.9 Å². The van der Waals surface area contributed by atoms with Crippen LogP contribution in [0.2, 0.25) is 0 Å². The van der Waals surface area contributed by atoms with Gasteiger partial charge in [0, 0.05) is 49.7 Å². The second-order valence-electron chi connectivity index (χ2n) is 8.97. The van der Waals surface area contributed by atoms with Gasteiger partial charge in [-0.2, -0.15) is 8.42 Å². The highest BCUT2D eigenvalue weighted by atomic mass is 32.2. The van der Waals surface area contributed by atoms with Crippen molar-refractivity contribution in [3.8, 4) is 17.6 Å². The van der Waals surface area contributed by atoms with E-state index in [1.54, 1.807) is 18.2 Å². The van der Waals surface area contributed by atoms with E-state index in [9.17, 15) is 13.5 Å². The lowest BCUT2D eigenvalue weighted by atomic mass is 9.94. The summed E-state index contributed by atoms with van der Waals surface area (Å²) in [5.41, 5.74) is 3.06. The Hall–Kier alpha value is -2.45. The normalized spacial score (nSPS) is 18.1. The summed E-state index contributed by atoms with van der Waals surface area (Å²) in [6.07, 6.45) is -0.268. The van der Waals surface area contributed by atoms with E-state index in [0.29, 0.717) is 31.6 Å². The predicted molar refractivity (Wildman–Crippen MR) is 132 cm³/mol. The van der Waals surface area contributed by atoms with Crippen LogP contribution in [-0.2, 0) is 41.3 Å². The first-order valence-electron chi connectivity index (χ1n) is 11.9. The van der Waals surface area contributed by atoms with Crippen LogP contribution < -0.4 is 4.18 Å². The highest BCUT2D eigenvalue weighted by Gasteiger charge is 2.46. The highest BCUT2D eigenvalue weighted by molar-refractivity contribution is 7.87. The van der Waals surface area contributed by atoms with Gasteiger partial charge in [0.05, 0.1) is 13.2 Å². The van der Waals surface area contributed by atoms with E-state index in [1.807, 2.05) is 19.9 Å². The number of hydrogen-bond donors (Lipinski definition) is 1. The minimum atomic E-state index is -4.11. The van der Waals surface area contributed by atoms with E-state index in [2.05, 4.69) is 11.8 Å². The predicted octanol–water partition coefficient (Wildman–Crippen LogP) is 3.39. The second kappa shape index (κ2) is 10.9. The third kappa shape index (κ3) is 5.44. The van der Waals surface area contributed by atoms with Gasteiger partial charge in [0.2, 0.25) is 0 Å². The molecule has 2 unspecified atom stereocenters. The number of aliphatic hydroxyl groups excluding tert-OH is 1. The lowest BCUT2D eigenvalue weighted by molar-refractivity contribution is -0.163. The van der Waals surface area contributed by atoms with Gasteiger partial charge in [-0.15, -0.1) is 0 Å². The molecule has 2 aromatic rings. The van der Waals surface area contributed by atoms with E-state index >= 15 is 0 Å². The topological polar surface area (TPSA) is 101 Å². The van der Waals surface area contributed by atoms with Gasteiger partial charge >= 0.3 is 10.1 Å². The number of aryl methyl sites for hydroxylation is 1. The second-order valence-corrected chi connectivity index (χ2v) is 10.5. The van der Waals surface area contributed by atoms with Crippen LogP contribution in [0.3, 0.4) is 0 Å². The van der Waals surface area contributed by atoms with Gasteiger partial charge < -0.3 is 28.2 Å². The number of ether oxygens (including phenoxy) is 4. The van der Waals surface area contributed by atoms with Crippen LogP contribution in [-0.4, -0.2) is 53.4 Å². The number of rotatable bonds is 8. The van der Waals surface area contributed by atoms with Gasteiger partial charge in [0.25, 0.3) is 0 Å². The van der Waals surface area contributed by atoms with Crippen LogP contribution >= 0.6 is 0 Å². The molecule has 1 aliphatic carbocycles. The van der Waals surface area contributed by atoms with Crippen molar-refractivity contribution >= 4 is 10.1 Å². The van der Waals surface area contributed by atoms with Crippen molar-refractivity contribution in [2.75, 3.05) is 27.4 Å². The first-order chi connectivity index (χ1) is 17.2. The van der Waals surface area contributed by atoms with Crippen LogP contribution in [0.4, 0.5) is 0 Å². The van der Waals surface area contributed by atoms with Gasteiger partial charge in [-0.05, 0) is 32.4 Å². The first kappa shape index (κ1) is 26.6. The lowest BCUT2D eigenvalue weighted by Gasteiger charge is -2.24. The molecule has 1 heterocycles. The van der Waals surface area contributed by atoms with Crippen LogP contribution in [0.25, 0.3) is 0 Å². The maximum Gasteiger partial charge on any atom is 0.339 e. The van der Waals surface area contributed by atoms with E-state index in [4.69, 9.17) is 23.1 Å². The molecule has 0 amide bonds. The number of aliphatic hydroxyl groups is 1. The Bertz CT molecular complexity index is 1230. The summed E-state index contributed by atoms with van der Waals surface area (Å²) in [4.78, 5) is 0.0667. The number of benzene rings is 2. The fourth-order valence-corrected chi connectivity index (χ4v) is 5.54. The largest absolute Gasteiger partial charge is 0.380 e. The SMILES string of the molecule is COC(CC(O)C#CC(C)c1ccc2c(c1OS(=O)(=O)c1ccc(C)cc1)CCC21OCCO1)OC. The summed E-state index contributed by atoms with van der Waals surface area (Å²) in [7, 11) is -1.13. The molecular weight excluding hydrogens is 484 g/mol. The summed E-state index contributed by atoms with van der Waals surface area (Å²) < 4.78 is 54.5. The van der Waals surface area contributed by atoms with E-state index < -0.39 is 34.2 Å². The molecule has 1 aliphatic heterocycles. The van der Waals surface area contributed by atoms with Crippen molar-refractivity contribution in [1.29, 1.82) is 0 Å². The lowest BCUT2D eigenvalue weighted by Crippen LogP contribution is -2.23. The quantitative estimate of drug-likeness (QED) is 0.324. The van der Waals surface area contributed by atoms with Crippen LogP contribution in [0.15, 0.2) is 41.3 Å². The van der Waals surface area contributed by atoms with Crippen molar-refractivity contribution < 1.29 is 36.7 Å². The molecular formula is C27H32O8S. The van der Waals surface area contributed by atoms with Crippen LogP contribution in [0.5, 0.6) is 5.75 Å². The van der Waals surface area contributed by atoms with Gasteiger partial charge in [-0.1, -0.05) is 41.7 Å². The molecule has 9 heteroatoms. The van der Waals surface area contributed by atoms with Gasteiger partial charge in [0.1, 0.15) is 11.0 Å². The average molecular weight is 517 g/mol. The molecule has 2 atom stereocenters. The smallest absolute Gasteiger partial charge is 0.339 e. The number of hydrogen-bond acceptors (Lipinski definition) is 8. The number of methoxy groups -OCH3 is 2. The Morgan fingerprint density at radius 2 is 1.72 bits per heavy atom. The van der Waals surface area contributed by atoms with Crippen molar-refractivity contribution in [1.82, 2.24) is 0 Å². The van der Waals surface area contributed by atoms with Gasteiger partial charge in [-0.25, -0.2) is 0 Å². The molecule has 36 heavy (non-hydrogen) atoms. The molecule has 1 spiro atoms. The van der Waals surface area contributed by atoms with Crippen molar-refractivity contribution in [3.63, 3.8) is 0 Å². The molecule has 1 fully saturated rings. The summed E-state index contributed by atoms with van der Waals surface area (Å²) in [5, 5.41) is 10.3. The summed E-state index contributed by atoms with van der Waals surface area (Å²) >= 11 is 0. The molecule has 1 N–H and O–H groups in total. The van der Waals surface area contributed by atoms with Crippen molar-refractivity contribution in [3.05, 3.63) is 58.7 Å². The monoisotopic (exact) mass is 516 g/mol. The molecule has 0 radical (unpaired) electrons. The Morgan fingerprint density at radius 3 is 2.36 bits per heavy atom. The Balaban J connectivity index is 1.71. The Kier molecular flexibility index (Phi) is 8.05. The minimum absolute atomic E-state index is 0.0667. The molecule has 2 aromatic carbocycles. The molecule has 0 bridgehead atoms. The minimum Gasteiger partial charge on any atom is -0.380 e. The summed E-state index contributed by atoms with van der Waals surface area (Å²) in [6, 6.07) is 10.2. The zero-order chi connectivity index (χ0) is 25.9. The molecule has 1 saturated heterocycles. The third-order valence-electron chi connectivity index (χ3n) is 6.54. The van der Waals surface area contributed by atoms with Gasteiger partial charge in [-0.3, -0.25) is 0 Å². The van der Waals surface area contributed by atoms with E-state index in [1.165, 1.54) is 26.4 Å². The molecule has 2 aliphatic rings. The van der Waals surface area contributed by atoms with Crippen molar-refractivity contribution in [2.24, 2.45) is 0 Å². The third-order valence-corrected chi connectivity index (χ3v) is 7.77. The van der Waals surface area contributed by atoms with Crippen LogP contribution in [0, 0.1) is 18.8 Å². The average Bonchev–Trinajstić information content (AvgIpc) is 3.49. The highest BCUT2D eigenvalue weighted by Crippen LogP contribution is 2.49. The first-order valence-corrected chi connectivity index (χ1v) is 13.3. The maximum absolute atomic E-state index is 13.3. The van der Waals surface area contributed by atoms with E-state index in [0.717, 1.165) is 16.7 Å². The summed E-state index contributed by atoms with van der Waals surface area (Å²) in [6.45, 7) is 4.67. The fraction of sp³-hybridized carbons (Fsp3) is 0.481. The zero-order valence-electron chi connectivity index (χ0n) is 20.9. The molecule has 8 nitrogen and oxygen atoms in total. The van der Waals surface area contributed by atoms with E-state index in [-0.39, 0.29) is 17.1 Å². The molecule has 194 valence electrons. The fourth-order valence-electron chi connectivity index (χ4n) is 4.56. The maximum atomic E-state index is 13.3. The Morgan fingerprint density at radius 1 is 1.06 bits per heavy atom. The molecule has 0 saturated carbocycles. The standard InChI is InChI=1S/C27H32O8S/c1-18-5-9-21(10-6-18)36(29,30)35-26-22(19(2)7-8-20(28)17-25(31-3)32-4)11-12-24-23(26)13-14-27(24)33-15-16-34-27/h5-6,9-12,19-20,25,28H,13-17H2,1-4H3. The Labute approximate surface area is 212 Å².